The molecule has 1 N–H and O–H groups in total. The molecule has 6 rings (SSSR count). The fourth-order valence-electron chi connectivity index (χ4n) is 5.45. The Kier molecular flexibility index (Phi) is 5.97. The summed E-state index contributed by atoms with van der Waals surface area (Å²) < 4.78 is 7.55. The maximum absolute atomic E-state index is 13.8. The largest absolute Gasteiger partial charge is 0.376 e. The molecule has 0 radical (unpaired) electrons. The number of fused-ring (bicyclic) bond motifs is 1. The summed E-state index contributed by atoms with van der Waals surface area (Å²) in [6.07, 6.45) is 3.90. The summed E-state index contributed by atoms with van der Waals surface area (Å²) in [6, 6.07) is 19.0. The van der Waals surface area contributed by atoms with Crippen LogP contribution in [0.3, 0.4) is 0 Å². The van der Waals surface area contributed by atoms with E-state index in [4.69, 9.17) is 4.74 Å². The van der Waals surface area contributed by atoms with Gasteiger partial charge in [-0.05, 0) is 65.7 Å². The van der Waals surface area contributed by atoms with E-state index in [2.05, 4.69) is 69.7 Å². The topological polar surface area (TPSA) is 62.6 Å². The average Bonchev–Trinajstić information content (AvgIpc) is 3.32. The molecule has 2 aliphatic heterocycles. The van der Waals surface area contributed by atoms with Gasteiger partial charge in [-0.2, -0.15) is 5.10 Å². The molecule has 7 heteroatoms. The fourth-order valence-corrected chi connectivity index (χ4v) is 5.45. The Morgan fingerprint density at radius 2 is 1.76 bits per heavy atom. The second kappa shape index (κ2) is 9.32. The first-order valence-electron chi connectivity index (χ1n) is 12.9. The molecule has 7 nitrogen and oxygen atoms in total. The van der Waals surface area contributed by atoms with Gasteiger partial charge in [-0.3, -0.25) is 9.48 Å². The molecule has 0 atom stereocenters. The highest BCUT2D eigenvalue weighted by Crippen LogP contribution is 2.38. The van der Waals surface area contributed by atoms with Gasteiger partial charge in [0.1, 0.15) is 5.54 Å². The standard InChI is InChI=1S/C30H33N5O2/c1-21-8-9-25(35-12-10-33(2)11-13-35)16-27(21)29(36)32-30(19-37-20-30)28-15-23(24-17-31-34(3)18-24)14-22-6-4-5-7-26(22)28/h4-9,14-18H,10-13,19-20H2,1-3H3,(H,32,36). The molecular weight excluding hydrogens is 462 g/mol. The van der Waals surface area contributed by atoms with Crippen LogP contribution in [0.2, 0.25) is 0 Å². The van der Waals surface area contributed by atoms with Crippen molar-refractivity contribution in [2.24, 2.45) is 7.05 Å². The molecule has 0 aliphatic carbocycles. The van der Waals surface area contributed by atoms with Gasteiger partial charge in [-0.25, -0.2) is 0 Å². The minimum Gasteiger partial charge on any atom is -0.376 e. The Morgan fingerprint density at radius 1 is 0.973 bits per heavy atom. The monoisotopic (exact) mass is 495 g/mol. The number of hydrogen-bond acceptors (Lipinski definition) is 5. The highest BCUT2D eigenvalue weighted by molar-refractivity contribution is 5.98. The number of benzene rings is 3. The molecule has 1 amide bonds. The number of anilines is 1. The van der Waals surface area contributed by atoms with Crippen molar-refractivity contribution < 1.29 is 9.53 Å². The molecule has 190 valence electrons. The number of aromatic nitrogens is 2. The summed E-state index contributed by atoms with van der Waals surface area (Å²) in [5.74, 6) is -0.0624. The highest BCUT2D eigenvalue weighted by Gasteiger charge is 2.43. The van der Waals surface area contributed by atoms with Crippen molar-refractivity contribution in [2.75, 3.05) is 51.3 Å². The van der Waals surface area contributed by atoms with Crippen molar-refractivity contribution in [3.8, 4) is 11.1 Å². The highest BCUT2D eigenvalue weighted by atomic mass is 16.5. The summed E-state index contributed by atoms with van der Waals surface area (Å²) in [4.78, 5) is 18.5. The lowest BCUT2D eigenvalue weighted by Gasteiger charge is -2.43. The first-order valence-corrected chi connectivity index (χ1v) is 12.9. The van der Waals surface area contributed by atoms with Crippen molar-refractivity contribution >= 4 is 22.4 Å². The first kappa shape index (κ1) is 23.7. The van der Waals surface area contributed by atoms with E-state index in [1.165, 1.54) is 0 Å². The number of nitrogens with one attached hydrogen (secondary N) is 1. The lowest BCUT2D eigenvalue weighted by atomic mass is 9.82. The van der Waals surface area contributed by atoms with Gasteiger partial charge in [-0.1, -0.05) is 30.3 Å². The van der Waals surface area contributed by atoms with E-state index in [-0.39, 0.29) is 5.91 Å². The van der Waals surface area contributed by atoms with Crippen molar-refractivity contribution in [1.82, 2.24) is 20.0 Å². The van der Waals surface area contributed by atoms with E-state index in [1.807, 2.05) is 43.2 Å². The molecule has 0 unspecified atom stereocenters. The quantitative estimate of drug-likeness (QED) is 0.454. The molecular formula is C30H33N5O2. The Labute approximate surface area is 217 Å². The third-order valence-electron chi connectivity index (χ3n) is 7.80. The summed E-state index contributed by atoms with van der Waals surface area (Å²) in [6.45, 7) is 6.86. The predicted octanol–water partition coefficient (Wildman–Crippen LogP) is 3.96. The Morgan fingerprint density at radius 3 is 2.46 bits per heavy atom. The maximum Gasteiger partial charge on any atom is 0.252 e. The van der Waals surface area contributed by atoms with Gasteiger partial charge in [-0.15, -0.1) is 0 Å². The molecule has 3 heterocycles. The number of carbonyl (C=O) groups excluding carboxylic acids is 1. The number of likely N-dealkylation sites (N-methyl/N-ethyl adjacent to an activating group) is 1. The van der Waals surface area contributed by atoms with E-state index < -0.39 is 5.54 Å². The molecule has 0 spiro atoms. The number of nitrogens with zero attached hydrogens (tertiary/aromatic N) is 4. The van der Waals surface area contributed by atoms with Gasteiger partial charge in [0.05, 0.1) is 19.4 Å². The third kappa shape index (κ3) is 4.38. The van der Waals surface area contributed by atoms with Crippen molar-refractivity contribution in [3.63, 3.8) is 0 Å². The zero-order valence-corrected chi connectivity index (χ0v) is 21.7. The SMILES string of the molecule is Cc1ccc(N2CCN(C)CC2)cc1C(=O)NC1(c2cc(-c3cnn(C)c3)cc3ccccc23)COC1. The van der Waals surface area contributed by atoms with Crippen molar-refractivity contribution in [2.45, 2.75) is 12.5 Å². The second-order valence-electron chi connectivity index (χ2n) is 10.5. The van der Waals surface area contributed by atoms with Crippen LogP contribution in [0.25, 0.3) is 21.9 Å². The molecule has 3 aromatic carbocycles. The number of carbonyl (C=O) groups is 1. The van der Waals surface area contributed by atoms with Crippen LogP contribution in [-0.4, -0.2) is 67.0 Å². The van der Waals surface area contributed by atoms with Gasteiger partial charge in [0.15, 0.2) is 0 Å². The molecule has 4 aromatic rings. The molecule has 37 heavy (non-hydrogen) atoms. The molecule has 0 saturated carbocycles. The Hall–Kier alpha value is -3.68. The summed E-state index contributed by atoms with van der Waals surface area (Å²) in [5.41, 5.74) is 5.41. The molecule has 0 bridgehead atoms. The molecule has 2 saturated heterocycles. The van der Waals surface area contributed by atoms with Gasteiger partial charge in [0, 0.05) is 56.2 Å². The van der Waals surface area contributed by atoms with Crippen molar-refractivity contribution in [3.05, 3.63) is 83.7 Å². The lowest BCUT2D eigenvalue weighted by Crippen LogP contribution is -2.59. The minimum atomic E-state index is -0.592. The smallest absolute Gasteiger partial charge is 0.252 e. The van der Waals surface area contributed by atoms with Crippen LogP contribution in [0.1, 0.15) is 21.5 Å². The molecule has 1 aromatic heterocycles. The summed E-state index contributed by atoms with van der Waals surface area (Å²) in [7, 11) is 4.07. The lowest BCUT2D eigenvalue weighted by molar-refractivity contribution is -0.0726. The zero-order chi connectivity index (χ0) is 25.6. The maximum atomic E-state index is 13.8. The van der Waals surface area contributed by atoms with E-state index in [0.717, 1.165) is 70.5 Å². The minimum absolute atomic E-state index is 0.0624. The predicted molar refractivity (Wildman–Crippen MR) is 147 cm³/mol. The van der Waals surface area contributed by atoms with Crippen LogP contribution >= 0.6 is 0 Å². The van der Waals surface area contributed by atoms with Gasteiger partial charge < -0.3 is 19.9 Å². The van der Waals surface area contributed by atoms with E-state index in [9.17, 15) is 4.79 Å². The number of rotatable bonds is 5. The Balaban J connectivity index is 1.36. The molecule has 2 aliphatic rings. The average molecular weight is 496 g/mol. The third-order valence-corrected chi connectivity index (χ3v) is 7.80. The zero-order valence-electron chi connectivity index (χ0n) is 21.7. The summed E-state index contributed by atoms with van der Waals surface area (Å²) >= 11 is 0. The second-order valence-corrected chi connectivity index (χ2v) is 10.5. The number of piperazine rings is 1. The number of ether oxygens (including phenoxy) is 1. The van der Waals surface area contributed by atoms with Crippen LogP contribution in [-0.2, 0) is 17.3 Å². The van der Waals surface area contributed by atoms with E-state index in [0.29, 0.717) is 13.2 Å². The first-order chi connectivity index (χ1) is 17.9. The Bertz CT molecular complexity index is 1460. The van der Waals surface area contributed by atoms with Gasteiger partial charge in [0.25, 0.3) is 5.91 Å². The van der Waals surface area contributed by atoms with Crippen LogP contribution in [0, 0.1) is 6.92 Å². The van der Waals surface area contributed by atoms with Crippen LogP contribution < -0.4 is 10.2 Å². The summed E-state index contributed by atoms with van der Waals surface area (Å²) in [5, 5.41) is 10.0. The van der Waals surface area contributed by atoms with E-state index in [1.54, 1.807) is 0 Å². The number of hydrogen-bond donors (Lipinski definition) is 1. The van der Waals surface area contributed by atoms with Gasteiger partial charge >= 0.3 is 0 Å². The number of aryl methyl sites for hydroxylation is 2. The van der Waals surface area contributed by atoms with Crippen LogP contribution in [0.4, 0.5) is 5.69 Å². The van der Waals surface area contributed by atoms with Crippen LogP contribution in [0.15, 0.2) is 67.0 Å². The van der Waals surface area contributed by atoms with Crippen molar-refractivity contribution in [1.29, 1.82) is 0 Å². The van der Waals surface area contributed by atoms with E-state index >= 15 is 0 Å². The normalized spacial score (nSPS) is 17.5. The fraction of sp³-hybridized carbons (Fsp3) is 0.333. The van der Waals surface area contributed by atoms with Gasteiger partial charge in [0.2, 0.25) is 0 Å². The number of amides is 1. The molecule has 2 fully saturated rings. The van der Waals surface area contributed by atoms with Crippen LogP contribution in [0.5, 0.6) is 0 Å².